The van der Waals surface area contributed by atoms with Crippen molar-refractivity contribution in [2.75, 3.05) is 0 Å². The van der Waals surface area contributed by atoms with E-state index in [0.29, 0.717) is 5.78 Å². The van der Waals surface area contributed by atoms with Crippen LogP contribution in [0, 0.1) is 11.8 Å². The standard InChI is InChI=1S/C19H32O/c1-2-3-4-5-6-8-16-11-13-17(14-12-16)18-9-7-10-19(20)15-18/h15-17H,2-14H2,1H3. The molecular formula is C19H32O. The van der Waals surface area contributed by atoms with Crippen molar-refractivity contribution in [1.82, 2.24) is 0 Å². The topological polar surface area (TPSA) is 17.1 Å². The van der Waals surface area contributed by atoms with Crippen molar-refractivity contribution in [3.8, 4) is 0 Å². The van der Waals surface area contributed by atoms with E-state index in [1.807, 2.05) is 6.08 Å². The molecule has 2 aliphatic rings. The third kappa shape index (κ3) is 5.07. The van der Waals surface area contributed by atoms with Crippen LogP contribution in [0.2, 0.25) is 0 Å². The second kappa shape index (κ2) is 8.64. The summed E-state index contributed by atoms with van der Waals surface area (Å²) in [4.78, 5) is 11.5. The molecule has 1 heteroatoms. The van der Waals surface area contributed by atoms with E-state index in [4.69, 9.17) is 0 Å². The van der Waals surface area contributed by atoms with Crippen LogP contribution in [0.3, 0.4) is 0 Å². The second-order valence-electron chi connectivity index (χ2n) is 6.96. The third-order valence-electron chi connectivity index (χ3n) is 5.32. The number of rotatable bonds is 7. The molecule has 0 aromatic rings. The van der Waals surface area contributed by atoms with Gasteiger partial charge in [0.05, 0.1) is 0 Å². The molecule has 0 aromatic carbocycles. The van der Waals surface area contributed by atoms with Crippen LogP contribution in [0.1, 0.15) is 90.4 Å². The van der Waals surface area contributed by atoms with Gasteiger partial charge in [-0.3, -0.25) is 4.79 Å². The van der Waals surface area contributed by atoms with Gasteiger partial charge in [0.15, 0.2) is 5.78 Å². The maximum atomic E-state index is 11.5. The van der Waals surface area contributed by atoms with Crippen LogP contribution >= 0.6 is 0 Å². The molecule has 0 atom stereocenters. The number of unbranched alkanes of at least 4 members (excludes halogenated alkanes) is 4. The minimum atomic E-state index is 0.379. The Bertz CT molecular complexity index is 321. The number of hydrogen-bond donors (Lipinski definition) is 0. The van der Waals surface area contributed by atoms with Crippen molar-refractivity contribution in [2.45, 2.75) is 90.4 Å². The fraction of sp³-hybridized carbons (Fsp3) is 0.842. The molecule has 1 fully saturated rings. The number of ketones is 1. The molecule has 0 heterocycles. The Morgan fingerprint density at radius 2 is 1.75 bits per heavy atom. The molecule has 2 aliphatic carbocycles. The SMILES string of the molecule is CCCCCCCC1CCC(C2=CC(=O)CCC2)CC1. The van der Waals surface area contributed by atoms with Gasteiger partial charge in [-0.25, -0.2) is 0 Å². The van der Waals surface area contributed by atoms with Gasteiger partial charge in [0, 0.05) is 6.42 Å². The minimum absolute atomic E-state index is 0.379. The molecule has 0 spiro atoms. The van der Waals surface area contributed by atoms with Crippen molar-refractivity contribution in [2.24, 2.45) is 11.8 Å². The van der Waals surface area contributed by atoms with E-state index in [9.17, 15) is 4.79 Å². The summed E-state index contributed by atoms with van der Waals surface area (Å²) in [5.74, 6) is 2.10. The van der Waals surface area contributed by atoms with Crippen molar-refractivity contribution in [1.29, 1.82) is 0 Å². The molecule has 0 unspecified atom stereocenters. The van der Waals surface area contributed by atoms with Gasteiger partial charge >= 0.3 is 0 Å². The van der Waals surface area contributed by atoms with Crippen molar-refractivity contribution in [3.63, 3.8) is 0 Å². The Kier molecular flexibility index (Phi) is 6.82. The highest BCUT2D eigenvalue weighted by molar-refractivity contribution is 5.91. The average molecular weight is 276 g/mol. The molecule has 114 valence electrons. The van der Waals surface area contributed by atoms with E-state index in [2.05, 4.69) is 6.92 Å². The van der Waals surface area contributed by atoms with Crippen LogP contribution in [0.25, 0.3) is 0 Å². The first-order chi connectivity index (χ1) is 9.79. The van der Waals surface area contributed by atoms with Crippen LogP contribution in [-0.4, -0.2) is 5.78 Å². The van der Waals surface area contributed by atoms with E-state index < -0.39 is 0 Å². The second-order valence-corrected chi connectivity index (χ2v) is 6.96. The Morgan fingerprint density at radius 1 is 1.00 bits per heavy atom. The molecule has 0 N–H and O–H groups in total. The molecule has 0 radical (unpaired) electrons. The van der Waals surface area contributed by atoms with Gasteiger partial charge in [-0.1, -0.05) is 51.0 Å². The van der Waals surface area contributed by atoms with Gasteiger partial charge in [-0.15, -0.1) is 0 Å². The van der Waals surface area contributed by atoms with Crippen LogP contribution in [0.4, 0.5) is 0 Å². The number of hydrogen-bond acceptors (Lipinski definition) is 1. The molecule has 0 bridgehead atoms. The summed E-state index contributed by atoms with van der Waals surface area (Å²) in [6.45, 7) is 2.28. The predicted octanol–water partition coefficient (Wildman–Crippen LogP) is 5.83. The lowest BCUT2D eigenvalue weighted by Crippen LogP contribution is -2.18. The molecule has 1 nitrogen and oxygen atoms in total. The summed E-state index contributed by atoms with van der Waals surface area (Å²) < 4.78 is 0. The lowest BCUT2D eigenvalue weighted by molar-refractivity contribution is -0.115. The Hall–Kier alpha value is -0.590. The lowest BCUT2D eigenvalue weighted by Gasteiger charge is -2.31. The number of allylic oxidation sites excluding steroid dienone is 2. The van der Waals surface area contributed by atoms with Gasteiger partial charge in [0.25, 0.3) is 0 Å². The summed E-state index contributed by atoms with van der Waals surface area (Å²) in [5.41, 5.74) is 1.49. The van der Waals surface area contributed by atoms with Crippen LogP contribution in [0.15, 0.2) is 11.6 Å². The molecule has 0 amide bonds. The summed E-state index contributed by atoms with van der Waals surface area (Å²) >= 11 is 0. The Labute approximate surface area is 125 Å². The normalized spacial score (nSPS) is 27.4. The quantitative estimate of drug-likeness (QED) is 0.534. The summed E-state index contributed by atoms with van der Waals surface area (Å²) in [7, 11) is 0. The van der Waals surface area contributed by atoms with E-state index in [1.165, 1.54) is 76.2 Å². The summed E-state index contributed by atoms with van der Waals surface area (Å²) in [6.07, 6.45) is 19.1. The van der Waals surface area contributed by atoms with E-state index in [1.54, 1.807) is 0 Å². The maximum Gasteiger partial charge on any atom is 0.155 e. The monoisotopic (exact) mass is 276 g/mol. The minimum Gasteiger partial charge on any atom is -0.295 e. The predicted molar refractivity (Wildman–Crippen MR) is 85.8 cm³/mol. The largest absolute Gasteiger partial charge is 0.295 e. The smallest absolute Gasteiger partial charge is 0.155 e. The van der Waals surface area contributed by atoms with Gasteiger partial charge in [0.1, 0.15) is 0 Å². The van der Waals surface area contributed by atoms with Gasteiger partial charge in [-0.2, -0.15) is 0 Å². The zero-order chi connectivity index (χ0) is 14.2. The first-order valence-electron chi connectivity index (χ1n) is 9.03. The van der Waals surface area contributed by atoms with Crippen molar-refractivity contribution in [3.05, 3.63) is 11.6 Å². The Balaban J connectivity index is 1.63. The zero-order valence-corrected chi connectivity index (χ0v) is 13.3. The van der Waals surface area contributed by atoms with Crippen molar-refractivity contribution < 1.29 is 4.79 Å². The number of carbonyl (C=O) groups is 1. The van der Waals surface area contributed by atoms with Crippen LogP contribution in [0.5, 0.6) is 0 Å². The molecule has 0 aromatic heterocycles. The van der Waals surface area contributed by atoms with E-state index in [-0.39, 0.29) is 0 Å². The van der Waals surface area contributed by atoms with Gasteiger partial charge < -0.3 is 0 Å². The summed E-state index contributed by atoms with van der Waals surface area (Å²) in [5, 5.41) is 0. The van der Waals surface area contributed by atoms with Crippen molar-refractivity contribution >= 4 is 5.78 Å². The average Bonchev–Trinajstić information content (AvgIpc) is 2.48. The zero-order valence-electron chi connectivity index (χ0n) is 13.3. The fourth-order valence-corrected chi connectivity index (χ4v) is 4.00. The maximum absolute atomic E-state index is 11.5. The van der Waals surface area contributed by atoms with E-state index in [0.717, 1.165) is 24.7 Å². The number of carbonyl (C=O) groups excluding carboxylic acids is 1. The molecule has 0 aliphatic heterocycles. The lowest BCUT2D eigenvalue weighted by atomic mass is 9.74. The first kappa shape index (κ1) is 15.8. The summed E-state index contributed by atoms with van der Waals surface area (Å²) in [6, 6.07) is 0. The highest BCUT2D eigenvalue weighted by Crippen LogP contribution is 2.38. The molecule has 20 heavy (non-hydrogen) atoms. The molecule has 2 rings (SSSR count). The molecule has 1 saturated carbocycles. The fourth-order valence-electron chi connectivity index (χ4n) is 4.00. The Morgan fingerprint density at radius 3 is 2.45 bits per heavy atom. The van der Waals surface area contributed by atoms with Crippen LogP contribution < -0.4 is 0 Å². The highest BCUT2D eigenvalue weighted by atomic mass is 16.1. The van der Waals surface area contributed by atoms with E-state index >= 15 is 0 Å². The highest BCUT2D eigenvalue weighted by Gasteiger charge is 2.25. The molecule has 0 saturated heterocycles. The first-order valence-corrected chi connectivity index (χ1v) is 9.03. The van der Waals surface area contributed by atoms with Gasteiger partial charge in [-0.05, 0) is 56.4 Å². The third-order valence-corrected chi connectivity index (χ3v) is 5.32. The van der Waals surface area contributed by atoms with Gasteiger partial charge in [0.2, 0.25) is 0 Å². The van der Waals surface area contributed by atoms with Crippen LogP contribution in [-0.2, 0) is 4.79 Å². The molecular weight excluding hydrogens is 244 g/mol.